The molecule has 0 fully saturated rings. The van der Waals surface area contributed by atoms with Crippen LogP contribution in [0.3, 0.4) is 0 Å². The molecule has 1 unspecified atom stereocenters. The number of thioether (sulfide) groups is 1. The van der Waals surface area contributed by atoms with Gasteiger partial charge in [0, 0.05) is 9.80 Å². The third-order valence-electron chi connectivity index (χ3n) is 2.30. The van der Waals surface area contributed by atoms with Gasteiger partial charge >= 0.3 is 0 Å². The lowest BCUT2D eigenvalue weighted by atomic mass is 10.0. The molecule has 1 aromatic carbocycles. The molecule has 0 aromatic heterocycles. The van der Waals surface area contributed by atoms with Gasteiger partial charge in [-0.1, -0.05) is 54.3 Å². The van der Waals surface area contributed by atoms with Crippen LogP contribution in [0, 0.1) is 0 Å². The van der Waals surface area contributed by atoms with Crippen LogP contribution in [0.2, 0.25) is 0 Å². The van der Waals surface area contributed by atoms with Crippen LogP contribution in [0.4, 0.5) is 0 Å². The highest BCUT2D eigenvalue weighted by Gasteiger charge is 2.10. The van der Waals surface area contributed by atoms with Crippen molar-refractivity contribution < 1.29 is 0 Å². The van der Waals surface area contributed by atoms with Gasteiger partial charge in [0.15, 0.2) is 0 Å². The van der Waals surface area contributed by atoms with E-state index in [1.807, 2.05) is 43.4 Å². The Morgan fingerprint density at radius 1 is 1.12 bits per heavy atom. The van der Waals surface area contributed by atoms with Gasteiger partial charge in [0.1, 0.15) is 0 Å². The first-order chi connectivity index (χ1) is 7.66. The van der Waals surface area contributed by atoms with Gasteiger partial charge in [0.25, 0.3) is 0 Å². The predicted molar refractivity (Wildman–Crippen MR) is 71.3 cm³/mol. The quantitative estimate of drug-likeness (QED) is 0.840. The van der Waals surface area contributed by atoms with Gasteiger partial charge in [-0.2, -0.15) is 0 Å². The van der Waals surface area contributed by atoms with Gasteiger partial charge in [-0.05, 0) is 25.1 Å². The Balaban J connectivity index is 2.13. The van der Waals surface area contributed by atoms with Gasteiger partial charge in [-0.3, -0.25) is 0 Å². The minimum absolute atomic E-state index is 0.338. The van der Waals surface area contributed by atoms with E-state index in [9.17, 15) is 0 Å². The lowest BCUT2D eigenvalue weighted by molar-refractivity contribution is 0.736. The van der Waals surface area contributed by atoms with E-state index in [1.54, 1.807) is 11.8 Å². The van der Waals surface area contributed by atoms with Gasteiger partial charge in [-0.15, -0.1) is 0 Å². The van der Waals surface area contributed by atoms with E-state index in [1.165, 1.54) is 9.80 Å². The Kier molecular flexibility index (Phi) is 3.32. The van der Waals surface area contributed by atoms with E-state index < -0.39 is 0 Å². The van der Waals surface area contributed by atoms with Crippen molar-refractivity contribution in [3.63, 3.8) is 0 Å². The number of benzene rings is 1. The average Bonchev–Trinajstić information content (AvgIpc) is 2.42. The predicted octanol–water partition coefficient (Wildman–Crippen LogP) is 3.51. The minimum atomic E-state index is -0.338. The Morgan fingerprint density at radius 3 is 2.62 bits per heavy atom. The van der Waals surface area contributed by atoms with Crippen molar-refractivity contribution in [2.45, 2.75) is 17.4 Å². The second-order valence-corrected chi connectivity index (χ2v) is 5.19. The average molecular weight is 229 g/mol. The number of hydrogen-bond acceptors (Lipinski definition) is 2. The normalized spacial score (nSPS) is 24.0. The van der Waals surface area contributed by atoms with E-state index >= 15 is 0 Å². The molecule has 1 nitrogen and oxygen atoms in total. The van der Waals surface area contributed by atoms with Crippen LogP contribution in [-0.2, 0) is 0 Å². The molecule has 2 N–H and O–H groups in total. The summed E-state index contributed by atoms with van der Waals surface area (Å²) in [7, 11) is 0. The van der Waals surface area contributed by atoms with Crippen LogP contribution in [-0.4, -0.2) is 5.54 Å². The van der Waals surface area contributed by atoms with Crippen molar-refractivity contribution in [2.75, 3.05) is 0 Å². The van der Waals surface area contributed by atoms with E-state index in [0.717, 1.165) is 0 Å². The van der Waals surface area contributed by atoms with Gasteiger partial charge < -0.3 is 5.73 Å². The molecule has 0 aliphatic heterocycles. The Bertz CT molecular complexity index is 441. The maximum Gasteiger partial charge on any atom is 0.0502 e. The first-order valence-electron chi connectivity index (χ1n) is 5.26. The molecule has 0 saturated heterocycles. The Morgan fingerprint density at radius 2 is 1.88 bits per heavy atom. The zero-order valence-electron chi connectivity index (χ0n) is 9.26. The summed E-state index contributed by atoms with van der Waals surface area (Å²) in [6.45, 7) is 1.99. The monoisotopic (exact) mass is 229 g/mol. The summed E-state index contributed by atoms with van der Waals surface area (Å²) in [6, 6.07) is 10.3. The molecule has 2 rings (SSSR count). The maximum atomic E-state index is 6.02. The summed E-state index contributed by atoms with van der Waals surface area (Å²) < 4.78 is 0. The Labute approximate surface area is 101 Å². The van der Waals surface area contributed by atoms with Crippen LogP contribution in [0.1, 0.15) is 6.92 Å². The van der Waals surface area contributed by atoms with E-state index in [4.69, 9.17) is 5.73 Å². The van der Waals surface area contributed by atoms with Crippen LogP contribution < -0.4 is 5.73 Å². The highest BCUT2D eigenvalue weighted by Crippen LogP contribution is 2.28. The first-order valence-corrected chi connectivity index (χ1v) is 6.08. The van der Waals surface area contributed by atoms with Crippen molar-refractivity contribution >= 4 is 11.8 Å². The largest absolute Gasteiger partial charge is 0.319 e. The van der Waals surface area contributed by atoms with E-state index in [0.29, 0.717) is 0 Å². The molecular formula is C14H15NS. The summed E-state index contributed by atoms with van der Waals surface area (Å²) in [5.41, 5.74) is 5.68. The lowest BCUT2D eigenvalue weighted by Gasteiger charge is -2.12. The summed E-state index contributed by atoms with van der Waals surface area (Å²) in [5.74, 6) is 0. The first kappa shape index (κ1) is 11.2. The fraction of sp³-hybridized carbons (Fsp3) is 0.143. The number of allylic oxidation sites excluding steroid dienone is 3. The zero-order chi connectivity index (χ0) is 11.4. The molecular weight excluding hydrogens is 214 g/mol. The van der Waals surface area contributed by atoms with E-state index in [-0.39, 0.29) is 5.54 Å². The molecule has 1 aliphatic carbocycles. The number of hydrogen-bond donors (Lipinski definition) is 1. The molecule has 0 amide bonds. The van der Waals surface area contributed by atoms with Gasteiger partial charge in [-0.25, -0.2) is 0 Å². The van der Waals surface area contributed by atoms with E-state index in [2.05, 4.69) is 24.3 Å². The SMILES string of the molecule is CC1(N)C=CC=C(Sc2ccccc2)C=C1. The maximum absolute atomic E-state index is 6.02. The molecule has 2 heteroatoms. The number of nitrogens with two attached hydrogens (primary N) is 1. The Hall–Kier alpha value is -1.25. The van der Waals surface area contributed by atoms with Crippen LogP contribution in [0.5, 0.6) is 0 Å². The second kappa shape index (κ2) is 4.73. The van der Waals surface area contributed by atoms with Gasteiger partial charge in [0.05, 0.1) is 5.54 Å². The smallest absolute Gasteiger partial charge is 0.0502 e. The summed E-state index contributed by atoms with van der Waals surface area (Å²) >= 11 is 1.75. The topological polar surface area (TPSA) is 26.0 Å². The number of rotatable bonds is 2. The summed E-state index contributed by atoms with van der Waals surface area (Å²) in [4.78, 5) is 2.45. The van der Waals surface area contributed by atoms with Crippen molar-refractivity contribution in [1.29, 1.82) is 0 Å². The second-order valence-electron chi connectivity index (χ2n) is 4.04. The fourth-order valence-corrected chi connectivity index (χ4v) is 2.26. The minimum Gasteiger partial charge on any atom is -0.319 e. The highest BCUT2D eigenvalue weighted by atomic mass is 32.2. The highest BCUT2D eigenvalue weighted by molar-refractivity contribution is 8.03. The molecule has 0 bridgehead atoms. The standard InChI is InChI=1S/C14H15NS/c1-14(15)10-5-8-13(9-11-14)16-12-6-3-2-4-7-12/h2-11H,15H2,1H3. The third kappa shape index (κ3) is 3.12. The van der Waals surface area contributed by atoms with Crippen molar-refractivity contribution in [2.24, 2.45) is 5.73 Å². The van der Waals surface area contributed by atoms with Crippen LogP contribution >= 0.6 is 11.8 Å². The van der Waals surface area contributed by atoms with Gasteiger partial charge in [0.2, 0.25) is 0 Å². The van der Waals surface area contributed by atoms with Crippen LogP contribution in [0.25, 0.3) is 0 Å². The molecule has 82 valence electrons. The lowest BCUT2D eigenvalue weighted by Crippen LogP contribution is -2.30. The molecule has 0 heterocycles. The molecule has 0 saturated carbocycles. The zero-order valence-corrected chi connectivity index (χ0v) is 10.1. The van der Waals surface area contributed by atoms with Crippen molar-refractivity contribution in [1.82, 2.24) is 0 Å². The summed E-state index contributed by atoms with van der Waals surface area (Å²) in [5, 5.41) is 0. The van der Waals surface area contributed by atoms with Crippen molar-refractivity contribution in [3.05, 3.63) is 65.6 Å². The third-order valence-corrected chi connectivity index (χ3v) is 3.32. The summed E-state index contributed by atoms with van der Waals surface area (Å²) in [6.07, 6.45) is 10.2. The molecule has 16 heavy (non-hydrogen) atoms. The molecule has 1 atom stereocenters. The van der Waals surface area contributed by atoms with Crippen molar-refractivity contribution in [3.8, 4) is 0 Å². The molecule has 0 spiro atoms. The molecule has 1 aromatic rings. The van der Waals surface area contributed by atoms with Crippen LogP contribution in [0.15, 0.2) is 70.5 Å². The fourth-order valence-electron chi connectivity index (χ4n) is 1.42. The molecule has 0 radical (unpaired) electrons. The molecule has 1 aliphatic rings.